The van der Waals surface area contributed by atoms with Crippen LogP contribution in [0.15, 0.2) is 35.5 Å². The van der Waals surface area contributed by atoms with E-state index in [4.69, 9.17) is 15.2 Å². The fourth-order valence-electron chi connectivity index (χ4n) is 4.34. The maximum absolute atomic E-state index is 15.3. The Balaban J connectivity index is 1.46. The van der Waals surface area contributed by atoms with Crippen LogP contribution in [-0.4, -0.2) is 62.5 Å². The smallest absolute Gasteiger partial charge is 0.195 e. The predicted molar refractivity (Wildman–Crippen MR) is 145 cm³/mol. The molecule has 0 spiro atoms. The van der Waals surface area contributed by atoms with Crippen molar-refractivity contribution in [1.29, 1.82) is 0 Å². The van der Waals surface area contributed by atoms with Crippen LogP contribution < -0.4 is 5.73 Å². The molecule has 3 unspecified atom stereocenters. The quantitative estimate of drug-likeness (QED) is 0.169. The molecule has 1 aliphatic heterocycles. The average molecular weight is 591 g/mol. The normalized spacial score (nSPS) is 19.2. The third kappa shape index (κ3) is 5.73. The van der Waals surface area contributed by atoms with Gasteiger partial charge in [-0.2, -0.15) is 5.10 Å². The molecule has 1 fully saturated rings. The van der Waals surface area contributed by atoms with E-state index < -0.39 is 41.6 Å². The van der Waals surface area contributed by atoms with E-state index in [9.17, 15) is 18.3 Å². The maximum atomic E-state index is 15.3. The molecule has 0 amide bonds. The van der Waals surface area contributed by atoms with Crippen LogP contribution >= 0.6 is 11.3 Å². The maximum Gasteiger partial charge on any atom is 0.195 e. The number of hydrogen-bond donors (Lipinski definition) is 2. The van der Waals surface area contributed by atoms with Gasteiger partial charge in [-0.3, -0.25) is 4.99 Å². The molecule has 2 aromatic carbocycles. The van der Waals surface area contributed by atoms with Gasteiger partial charge in [0.05, 0.1) is 34.5 Å². The zero-order valence-corrected chi connectivity index (χ0v) is 23.0. The molecule has 9 nitrogen and oxygen atoms in total. The van der Waals surface area contributed by atoms with E-state index in [1.807, 2.05) is 6.92 Å². The molecule has 4 atom stereocenters. The van der Waals surface area contributed by atoms with E-state index in [-0.39, 0.29) is 41.9 Å². The van der Waals surface area contributed by atoms with Gasteiger partial charge in [0.15, 0.2) is 29.1 Å². The van der Waals surface area contributed by atoms with Gasteiger partial charge in [-0.1, -0.05) is 0 Å². The van der Waals surface area contributed by atoms with Crippen LogP contribution in [0.1, 0.15) is 35.2 Å². The molecular formula is C27H26F4N6O3S. The molecule has 41 heavy (non-hydrogen) atoms. The van der Waals surface area contributed by atoms with E-state index in [1.54, 1.807) is 19.9 Å². The fraction of sp³-hybridized carbons (Fsp3) is 0.333. The Labute approximate surface area is 236 Å². The van der Waals surface area contributed by atoms with Crippen molar-refractivity contribution in [2.45, 2.75) is 45.2 Å². The van der Waals surface area contributed by atoms with Gasteiger partial charge in [0.25, 0.3) is 0 Å². The Morgan fingerprint density at radius 1 is 1.22 bits per heavy atom. The third-order valence-corrected chi connectivity index (χ3v) is 7.48. The van der Waals surface area contributed by atoms with E-state index in [0.717, 1.165) is 34.3 Å². The number of halogens is 4. The highest BCUT2D eigenvalue weighted by molar-refractivity contribution is 7.18. The molecule has 216 valence electrons. The summed E-state index contributed by atoms with van der Waals surface area (Å²) in [6, 6.07) is 4.72. The van der Waals surface area contributed by atoms with E-state index in [1.165, 1.54) is 22.1 Å². The van der Waals surface area contributed by atoms with E-state index in [2.05, 4.69) is 20.1 Å². The molecule has 3 heterocycles. The number of thiazole rings is 1. The number of aliphatic hydroxyl groups excluding tert-OH is 1. The number of aliphatic imine (C=N–C) groups is 1. The van der Waals surface area contributed by atoms with Crippen LogP contribution in [0.5, 0.6) is 0 Å². The summed E-state index contributed by atoms with van der Waals surface area (Å²) in [5, 5.41) is 16.4. The summed E-state index contributed by atoms with van der Waals surface area (Å²) in [6.07, 6.45) is -1.02. The highest BCUT2D eigenvalue weighted by Gasteiger charge is 2.37. The number of rotatable bonds is 9. The third-order valence-electron chi connectivity index (χ3n) is 6.55. The van der Waals surface area contributed by atoms with Crippen molar-refractivity contribution in [3.63, 3.8) is 0 Å². The number of aliphatic hydroxyl groups is 1. The number of aromatic nitrogens is 4. The van der Waals surface area contributed by atoms with Crippen molar-refractivity contribution in [2.24, 2.45) is 10.7 Å². The minimum Gasteiger partial charge on any atom is -0.404 e. The molecule has 0 radical (unpaired) electrons. The lowest BCUT2D eigenvalue weighted by Gasteiger charge is -2.37. The Morgan fingerprint density at radius 3 is 2.68 bits per heavy atom. The molecule has 0 aliphatic carbocycles. The zero-order chi connectivity index (χ0) is 29.4. The van der Waals surface area contributed by atoms with Crippen LogP contribution in [0.4, 0.5) is 17.6 Å². The predicted octanol–water partition coefficient (Wildman–Crippen LogP) is 4.33. The van der Waals surface area contributed by atoms with E-state index in [0.29, 0.717) is 11.3 Å². The van der Waals surface area contributed by atoms with Gasteiger partial charge < -0.3 is 20.3 Å². The Kier molecular flexibility index (Phi) is 8.18. The Morgan fingerprint density at radius 2 is 2.00 bits per heavy atom. The molecule has 2 aromatic heterocycles. The highest BCUT2D eigenvalue weighted by Crippen LogP contribution is 2.32. The first-order valence-corrected chi connectivity index (χ1v) is 13.4. The van der Waals surface area contributed by atoms with Gasteiger partial charge in [0.1, 0.15) is 29.8 Å². The average Bonchev–Trinajstić information content (AvgIpc) is 3.49. The van der Waals surface area contributed by atoms with Crippen LogP contribution in [-0.2, 0) is 9.47 Å². The van der Waals surface area contributed by atoms with Crippen LogP contribution in [0, 0.1) is 37.1 Å². The first-order valence-electron chi connectivity index (χ1n) is 12.6. The topological polar surface area (TPSA) is 121 Å². The number of aryl methyl sites for hydroxylation is 2. The summed E-state index contributed by atoms with van der Waals surface area (Å²) in [4.78, 5) is 12.9. The SMILES string of the molecule is Cc1nc(C(OC2COC2C)[C@@H](O)CN=C/C(=C\N)c2ccc(F)c(F)c2F)n(-c2cc3sc(C)nc3cc2F)n1. The second-order valence-electron chi connectivity index (χ2n) is 9.47. The summed E-state index contributed by atoms with van der Waals surface area (Å²) in [7, 11) is 0. The second-order valence-corrected chi connectivity index (χ2v) is 10.7. The van der Waals surface area contributed by atoms with Crippen molar-refractivity contribution >= 4 is 33.3 Å². The summed E-state index contributed by atoms with van der Waals surface area (Å²) in [5.41, 5.74) is 5.84. The van der Waals surface area contributed by atoms with Gasteiger partial charge in [-0.25, -0.2) is 32.2 Å². The lowest BCUT2D eigenvalue weighted by molar-refractivity contribution is -0.216. The van der Waals surface area contributed by atoms with Gasteiger partial charge in [-0.15, -0.1) is 11.3 Å². The number of fused-ring (bicyclic) bond motifs is 1. The number of benzene rings is 2. The fourth-order valence-corrected chi connectivity index (χ4v) is 5.19. The minimum atomic E-state index is -1.64. The molecular weight excluding hydrogens is 564 g/mol. The van der Waals surface area contributed by atoms with Crippen molar-refractivity contribution in [3.8, 4) is 5.69 Å². The molecule has 4 aromatic rings. The first-order chi connectivity index (χ1) is 19.6. The first kappa shape index (κ1) is 28.8. The zero-order valence-electron chi connectivity index (χ0n) is 22.2. The lowest BCUT2D eigenvalue weighted by atomic mass is 10.1. The van der Waals surface area contributed by atoms with Gasteiger partial charge in [0, 0.05) is 29.6 Å². The molecule has 0 bridgehead atoms. The second kappa shape index (κ2) is 11.6. The minimum absolute atomic E-state index is 0.0404. The molecule has 14 heteroatoms. The van der Waals surface area contributed by atoms with Crippen LogP contribution in [0.25, 0.3) is 21.5 Å². The Bertz CT molecular complexity index is 1660. The number of hydrogen-bond acceptors (Lipinski definition) is 9. The van der Waals surface area contributed by atoms with Crippen molar-refractivity contribution in [2.75, 3.05) is 13.2 Å². The number of ether oxygens (including phenoxy) is 2. The highest BCUT2D eigenvalue weighted by atomic mass is 32.1. The van der Waals surface area contributed by atoms with Crippen LogP contribution in [0.3, 0.4) is 0 Å². The van der Waals surface area contributed by atoms with Crippen LogP contribution in [0.2, 0.25) is 0 Å². The lowest BCUT2D eigenvalue weighted by Crippen LogP contribution is -2.47. The van der Waals surface area contributed by atoms with Gasteiger partial charge in [-0.05, 0) is 39.0 Å². The largest absolute Gasteiger partial charge is 0.404 e. The number of allylic oxidation sites excluding steroid dienone is 1. The summed E-state index contributed by atoms with van der Waals surface area (Å²) in [6.45, 7) is 5.23. The number of nitrogens with zero attached hydrogens (tertiary/aromatic N) is 5. The summed E-state index contributed by atoms with van der Waals surface area (Å²) >= 11 is 1.40. The van der Waals surface area contributed by atoms with E-state index >= 15 is 4.39 Å². The van der Waals surface area contributed by atoms with Gasteiger partial charge in [0.2, 0.25) is 0 Å². The van der Waals surface area contributed by atoms with Crippen molar-refractivity contribution in [3.05, 3.63) is 76.0 Å². The standard InChI is InChI=1S/C27H26F4N6O3S/c1-12-22(11-39-12)40-26(21(38)10-33-9-15(8-32)16-4-5-17(28)25(31)24(16)30)27-34-13(2)36-37(27)20-7-23-19(6-18(20)29)35-14(3)41-23/h4-9,12,21-22,26,38H,10-11,32H2,1-3H3/b15-8+,33-9?/t12?,21-,22?,26?/m0/s1. The molecule has 1 saturated heterocycles. The Hall–Kier alpha value is -3.72. The molecule has 0 saturated carbocycles. The number of nitrogens with two attached hydrogens (primary N) is 1. The van der Waals surface area contributed by atoms with Gasteiger partial charge >= 0.3 is 0 Å². The van der Waals surface area contributed by atoms with Crippen molar-refractivity contribution < 1.29 is 32.1 Å². The molecule has 5 rings (SSSR count). The monoisotopic (exact) mass is 590 g/mol. The molecule has 1 aliphatic rings. The summed E-state index contributed by atoms with van der Waals surface area (Å²) in [5.74, 6) is -4.56. The van der Waals surface area contributed by atoms with Crippen molar-refractivity contribution in [1.82, 2.24) is 19.7 Å². The molecule has 3 N–H and O–H groups in total. The summed E-state index contributed by atoms with van der Waals surface area (Å²) < 4.78 is 70.3.